The first kappa shape index (κ1) is 21.3. The SMILES string of the molecule is O=C(Cn1c(=O)ccn(Cc2ccccc2)c1=O)N(Cc1cccs1)CC1CCCO1. The lowest BCUT2D eigenvalue weighted by Gasteiger charge is -2.25. The van der Waals surface area contributed by atoms with Crippen molar-refractivity contribution >= 4 is 17.2 Å². The lowest BCUT2D eigenvalue weighted by atomic mass is 10.2. The molecule has 7 nitrogen and oxygen atoms in total. The number of amides is 1. The summed E-state index contributed by atoms with van der Waals surface area (Å²) in [4.78, 5) is 41.3. The van der Waals surface area contributed by atoms with Crippen LogP contribution in [0.15, 0.2) is 69.7 Å². The molecular weight excluding hydrogens is 414 g/mol. The molecule has 31 heavy (non-hydrogen) atoms. The molecule has 2 aromatic heterocycles. The maximum absolute atomic E-state index is 13.2. The molecule has 1 aliphatic rings. The zero-order valence-electron chi connectivity index (χ0n) is 17.2. The molecule has 1 aliphatic heterocycles. The van der Waals surface area contributed by atoms with Crippen LogP contribution in [0.1, 0.15) is 23.3 Å². The first-order chi connectivity index (χ1) is 15.1. The molecule has 1 atom stereocenters. The van der Waals surface area contributed by atoms with E-state index in [4.69, 9.17) is 4.74 Å². The second-order valence-electron chi connectivity index (χ2n) is 7.62. The van der Waals surface area contributed by atoms with E-state index >= 15 is 0 Å². The van der Waals surface area contributed by atoms with Crippen LogP contribution in [0.3, 0.4) is 0 Å². The molecule has 1 aromatic carbocycles. The van der Waals surface area contributed by atoms with Gasteiger partial charge in [-0.3, -0.25) is 18.7 Å². The Bertz CT molecular complexity index is 1120. The van der Waals surface area contributed by atoms with Gasteiger partial charge in [0.2, 0.25) is 5.91 Å². The van der Waals surface area contributed by atoms with Crippen molar-refractivity contribution in [2.24, 2.45) is 0 Å². The predicted molar refractivity (Wildman–Crippen MR) is 119 cm³/mol. The van der Waals surface area contributed by atoms with Gasteiger partial charge < -0.3 is 9.64 Å². The minimum atomic E-state index is -0.488. The molecule has 3 aromatic rings. The van der Waals surface area contributed by atoms with E-state index < -0.39 is 11.2 Å². The molecule has 0 bridgehead atoms. The Morgan fingerprint density at radius 3 is 2.68 bits per heavy atom. The second-order valence-corrected chi connectivity index (χ2v) is 8.66. The van der Waals surface area contributed by atoms with Crippen molar-refractivity contribution < 1.29 is 9.53 Å². The molecule has 0 saturated carbocycles. The van der Waals surface area contributed by atoms with E-state index in [1.54, 1.807) is 16.2 Å². The number of nitrogens with zero attached hydrogens (tertiary/aromatic N) is 3. The Labute approximate surface area is 184 Å². The summed E-state index contributed by atoms with van der Waals surface area (Å²) in [5.41, 5.74) is -0.0208. The topological polar surface area (TPSA) is 73.5 Å². The number of rotatable bonds is 8. The number of aromatic nitrogens is 2. The average Bonchev–Trinajstić information content (AvgIpc) is 3.48. The Balaban J connectivity index is 1.55. The number of benzene rings is 1. The molecule has 162 valence electrons. The highest BCUT2D eigenvalue weighted by molar-refractivity contribution is 7.09. The third-order valence-corrected chi connectivity index (χ3v) is 6.22. The average molecular weight is 440 g/mol. The van der Waals surface area contributed by atoms with Gasteiger partial charge >= 0.3 is 5.69 Å². The van der Waals surface area contributed by atoms with Gasteiger partial charge in [0.1, 0.15) is 6.54 Å². The van der Waals surface area contributed by atoms with Crippen molar-refractivity contribution in [3.63, 3.8) is 0 Å². The summed E-state index contributed by atoms with van der Waals surface area (Å²) in [6.45, 7) is 1.65. The van der Waals surface area contributed by atoms with Gasteiger partial charge in [-0.25, -0.2) is 4.79 Å². The van der Waals surface area contributed by atoms with Gasteiger partial charge in [0.25, 0.3) is 5.56 Å². The Morgan fingerprint density at radius 2 is 1.97 bits per heavy atom. The van der Waals surface area contributed by atoms with Crippen molar-refractivity contribution in [3.05, 3.63) is 91.4 Å². The van der Waals surface area contributed by atoms with E-state index in [0.29, 0.717) is 26.2 Å². The van der Waals surface area contributed by atoms with Crippen LogP contribution >= 0.6 is 11.3 Å². The number of thiophene rings is 1. The highest BCUT2D eigenvalue weighted by Gasteiger charge is 2.24. The maximum atomic E-state index is 13.2. The molecular formula is C23H25N3O4S. The maximum Gasteiger partial charge on any atom is 0.331 e. The molecule has 0 aliphatic carbocycles. The van der Waals surface area contributed by atoms with Gasteiger partial charge in [-0.15, -0.1) is 11.3 Å². The molecule has 0 radical (unpaired) electrons. The minimum absolute atomic E-state index is 0.00820. The van der Waals surface area contributed by atoms with Crippen molar-refractivity contribution in [2.45, 2.75) is 38.6 Å². The fourth-order valence-electron chi connectivity index (χ4n) is 3.72. The molecule has 1 fully saturated rings. The van der Waals surface area contributed by atoms with Crippen LogP contribution in [0, 0.1) is 0 Å². The molecule has 3 heterocycles. The van der Waals surface area contributed by atoms with Crippen molar-refractivity contribution in [1.82, 2.24) is 14.0 Å². The Hall–Kier alpha value is -2.97. The molecule has 0 spiro atoms. The monoisotopic (exact) mass is 439 g/mol. The van der Waals surface area contributed by atoms with Crippen LogP contribution in [-0.2, 0) is 29.2 Å². The summed E-state index contributed by atoms with van der Waals surface area (Å²) in [5, 5.41) is 1.97. The Morgan fingerprint density at radius 1 is 1.13 bits per heavy atom. The van der Waals surface area contributed by atoms with Crippen LogP contribution in [0.2, 0.25) is 0 Å². The van der Waals surface area contributed by atoms with E-state index in [9.17, 15) is 14.4 Å². The third kappa shape index (κ3) is 5.39. The van der Waals surface area contributed by atoms with Gasteiger partial charge in [-0.2, -0.15) is 0 Å². The van der Waals surface area contributed by atoms with E-state index in [0.717, 1.165) is 27.8 Å². The van der Waals surface area contributed by atoms with E-state index in [1.807, 2.05) is 47.8 Å². The van der Waals surface area contributed by atoms with Crippen LogP contribution in [-0.4, -0.2) is 39.2 Å². The second kappa shape index (κ2) is 9.89. The molecule has 0 N–H and O–H groups in total. The number of ether oxygens (including phenoxy) is 1. The lowest BCUT2D eigenvalue weighted by molar-refractivity contribution is -0.134. The first-order valence-electron chi connectivity index (χ1n) is 10.4. The van der Waals surface area contributed by atoms with Crippen molar-refractivity contribution in [1.29, 1.82) is 0 Å². The van der Waals surface area contributed by atoms with Gasteiger partial charge in [0.05, 0.1) is 19.2 Å². The fraction of sp³-hybridized carbons (Fsp3) is 0.348. The van der Waals surface area contributed by atoms with Crippen LogP contribution in [0.25, 0.3) is 0 Å². The van der Waals surface area contributed by atoms with E-state index in [-0.39, 0.29) is 18.6 Å². The summed E-state index contributed by atoms with van der Waals surface area (Å²) in [6.07, 6.45) is 3.36. The number of hydrogen-bond donors (Lipinski definition) is 0. The number of carbonyl (C=O) groups excluding carboxylic acids is 1. The summed E-state index contributed by atoms with van der Waals surface area (Å²) >= 11 is 1.57. The Kier molecular flexibility index (Phi) is 6.79. The van der Waals surface area contributed by atoms with Gasteiger partial charge in [-0.05, 0) is 29.9 Å². The van der Waals surface area contributed by atoms with Gasteiger partial charge in [0, 0.05) is 30.3 Å². The zero-order chi connectivity index (χ0) is 21.6. The zero-order valence-corrected chi connectivity index (χ0v) is 18.0. The third-order valence-electron chi connectivity index (χ3n) is 5.36. The quantitative estimate of drug-likeness (QED) is 0.540. The van der Waals surface area contributed by atoms with Crippen molar-refractivity contribution in [3.8, 4) is 0 Å². The predicted octanol–water partition coefficient (Wildman–Crippen LogP) is 2.33. The van der Waals surface area contributed by atoms with Gasteiger partial charge in [-0.1, -0.05) is 36.4 Å². The van der Waals surface area contributed by atoms with Crippen LogP contribution < -0.4 is 11.2 Å². The minimum Gasteiger partial charge on any atom is -0.376 e. The molecule has 8 heteroatoms. The summed E-state index contributed by atoms with van der Waals surface area (Å²) < 4.78 is 8.18. The van der Waals surface area contributed by atoms with Gasteiger partial charge in [0.15, 0.2) is 0 Å². The van der Waals surface area contributed by atoms with Crippen LogP contribution in [0.5, 0.6) is 0 Å². The van der Waals surface area contributed by atoms with E-state index in [1.165, 1.54) is 16.8 Å². The standard InChI is InChI=1S/C23H25N3O4S/c27-21-10-11-24(14-18-6-2-1-3-7-18)23(29)26(21)17-22(28)25(15-19-8-4-12-30-19)16-20-9-5-13-31-20/h1-3,5-7,9-11,13,19H,4,8,12,14-17H2. The smallest absolute Gasteiger partial charge is 0.331 e. The van der Waals surface area contributed by atoms with Crippen molar-refractivity contribution in [2.75, 3.05) is 13.2 Å². The molecule has 4 rings (SSSR count). The summed E-state index contributed by atoms with van der Waals surface area (Å²) in [5.74, 6) is -0.263. The first-order valence-corrected chi connectivity index (χ1v) is 11.2. The number of carbonyl (C=O) groups is 1. The highest BCUT2D eigenvalue weighted by atomic mass is 32.1. The molecule has 1 saturated heterocycles. The largest absolute Gasteiger partial charge is 0.376 e. The summed E-state index contributed by atoms with van der Waals surface area (Å²) in [6, 6.07) is 14.8. The van der Waals surface area contributed by atoms with E-state index in [2.05, 4.69) is 0 Å². The normalized spacial score (nSPS) is 15.8. The molecule has 1 unspecified atom stereocenters. The lowest BCUT2D eigenvalue weighted by Crippen LogP contribution is -2.45. The highest BCUT2D eigenvalue weighted by Crippen LogP contribution is 2.17. The molecule has 1 amide bonds. The fourth-order valence-corrected chi connectivity index (χ4v) is 4.44. The summed E-state index contributed by atoms with van der Waals surface area (Å²) in [7, 11) is 0. The van der Waals surface area contributed by atoms with Crippen LogP contribution in [0.4, 0.5) is 0 Å². The number of hydrogen-bond acceptors (Lipinski definition) is 5.